The fourth-order valence-corrected chi connectivity index (χ4v) is 3.64. The second-order valence-electron chi connectivity index (χ2n) is 5.61. The molecular weight excluding hydrogens is 256 g/mol. The average Bonchev–Trinajstić information content (AvgIpc) is 2.85. The van der Waals surface area contributed by atoms with E-state index in [1.807, 2.05) is 0 Å². The largest absolute Gasteiger partial charge is 0.375 e. The van der Waals surface area contributed by atoms with E-state index in [1.54, 1.807) is 11.3 Å². The number of rotatable bonds is 5. The molecular formula is C15H26N2OS. The quantitative estimate of drug-likeness (QED) is 0.891. The number of nitrogens with one attached hydrogen (secondary N) is 1. The highest BCUT2D eigenvalue weighted by Crippen LogP contribution is 2.32. The Morgan fingerprint density at radius 3 is 2.84 bits per heavy atom. The Morgan fingerprint density at radius 2 is 2.26 bits per heavy atom. The molecule has 19 heavy (non-hydrogen) atoms. The SMILES string of the molecule is CCC1(CC)CC(NC(C)c2csc(C)n2)CCO1. The van der Waals surface area contributed by atoms with Gasteiger partial charge in [-0.05, 0) is 39.5 Å². The summed E-state index contributed by atoms with van der Waals surface area (Å²) in [5, 5.41) is 7.05. The van der Waals surface area contributed by atoms with Gasteiger partial charge in [-0.25, -0.2) is 4.98 Å². The van der Waals surface area contributed by atoms with Gasteiger partial charge < -0.3 is 10.1 Å². The number of aryl methyl sites for hydroxylation is 1. The van der Waals surface area contributed by atoms with Gasteiger partial charge in [0.15, 0.2) is 0 Å². The molecule has 2 unspecified atom stereocenters. The molecule has 2 heterocycles. The Balaban J connectivity index is 1.95. The maximum absolute atomic E-state index is 6.03. The number of thiazole rings is 1. The molecule has 1 fully saturated rings. The topological polar surface area (TPSA) is 34.2 Å². The molecule has 0 spiro atoms. The van der Waals surface area contributed by atoms with Crippen LogP contribution in [0.3, 0.4) is 0 Å². The van der Waals surface area contributed by atoms with Crippen molar-refractivity contribution in [1.29, 1.82) is 0 Å². The molecule has 1 saturated heterocycles. The van der Waals surface area contributed by atoms with Crippen molar-refractivity contribution in [2.24, 2.45) is 0 Å². The molecule has 2 atom stereocenters. The fourth-order valence-electron chi connectivity index (χ4n) is 2.93. The lowest BCUT2D eigenvalue weighted by Crippen LogP contribution is -2.47. The zero-order valence-electron chi connectivity index (χ0n) is 12.5. The molecule has 4 heteroatoms. The van der Waals surface area contributed by atoms with Crippen molar-refractivity contribution in [2.75, 3.05) is 6.61 Å². The molecule has 1 aromatic rings. The number of hydrogen-bond donors (Lipinski definition) is 1. The predicted molar refractivity (Wildman–Crippen MR) is 80.7 cm³/mol. The summed E-state index contributed by atoms with van der Waals surface area (Å²) in [6.45, 7) is 9.62. The highest BCUT2D eigenvalue weighted by molar-refractivity contribution is 7.09. The second kappa shape index (κ2) is 6.33. The van der Waals surface area contributed by atoms with Crippen molar-refractivity contribution >= 4 is 11.3 Å². The van der Waals surface area contributed by atoms with Crippen LogP contribution < -0.4 is 5.32 Å². The minimum atomic E-state index is 0.0909. The summed E-state index contributed by atoms with van der Waals surface area (Å²) in [6.07, 6.45) is 4.43. The molecule has 0 aromatic carbocycles. The maximum Gasteiger partial charge on any atom is 0.0898 e. The Labute approximate surface area is 120 Å². The van der Waals surface area contributed by atoms with Crippen molar-refractivity contribution in [1.82, 2.24) is 10.3 Å². The lowest BCUT2D eigenvalue weighted by molar-refractivity contribution is -0.0940. The van der Waals surface area contributed by atoms with Gasteiger partial charge in [0.05, 0.1) is 16.3 Å². The van der Waals surface area contributed by atoms with Crippen LogP contribution in [0, 0.1) is 6.92 Å². The number of ether oxygens (including phenoxy) is 1. The molecule has 0 aliphatic carbocycles. The lowest BCUT2D eigenvalue weighted by atomic mass is 9.85. The first kappa shape index (κ1) is 14.9. The van der Waals surface area contributed by atoms with E-state index in [4.69, 9.17) is 4.74 Å². The van der Waals surface area contributed by atoms with Crippen LogP contribution in [0.15, 0.2) is 5.38 Å². The van der Waals surface area contributed by atoms with Gasteiger partial charge in [0, 0.05) is 24.1 Å². The van der Waals surface area contributed by atoms with E-state index in [9.17, 15) is 0 Å². The zero-order chi connectivity index (χ0) is 13.9. The van der Waals surface area contributed by atoms with Gasteiger partial charge in [0.1, 0.15) is 0 Å². The first-order chi connectivity index (χ1) is 9.08. The van der Waals surface area contributed by atoms with Crippen molar-refractivity contribution in [2.45, 2.75) is 71.1 Å². The van der Waals surface area contributed by atoms with Crippen LogP contribution in [-0.2, 0) is 4.74 Å². The molecule has 0 saturated carbocycles. The van der Waals surface area contributed by atoms with Gasteiger partial charge in [0.2, 0.25) is 0 Å². The predicted octanol–water partition coefficient (Wildman–Crippen LogP) is 3.84. The molecule has 108 valence electrons. The Kier molecular flexibility index (Phi) is 4.98. The van der Waals surface area contributed by atoms with E-state index in [0.29, 0.717) is 12.1 Å². The van der Waals surface area contributed by atoms with Crippen molar-refractivity contribution in [3.8, 4) is 0 Å². The summed E-state index contributed by atoms with van der Waals surface area (Å²) in [7, 11) is 0. The molecule has 1 aromatic heterocycles. The van der Waals surface area contributed by atoms with Crippen molar-refractivity contribution in [3.63, 3.8) is 0 Å². The molecule has 0 amide bonds. The summed E-state index contributed by atoms with van der Waals surface area (Å²) in [5.74, 6) is 0. The number of nitrogens with zero attached hydrogens (tertiary/aromatic N) is 1. The van der Waals surface area contributed by atoms with E-state index in [-0.39, 0.29) is 5.60 Å². The van der Waals surface area contributed by atoms with Crippen LogP contribution in [0.25, 0.3) is 0 Å². The summed E-state index contributed by atoms with van der Waals surface area (Å²) >= 11 is 1.73. The molecule has 3 nitrogen and oxygen atoms in total. The van der Waals surface area contributed by atoms with Gasteiger partial charge in [0.25, 0.3) is 0 Å². The van der Waals surface area contributed by atoms with Crippen molar-refractivity contribution in [3.05, 3.63) is 16.1 Å². The van der Waals surface area contributed by atoms with Crippen LogP contribution >= 0.6 is 11.3 Å². The molecule has 0 radical (unpaired) electrons. The summed E-state index contributed by atoms with van der Waals surface area (Å²) < 4.78 is 6.03. The molecule has 1 N–H and O–H groups in total. The van der Waals surface area contributed by atoms with Gasteiger partial charge in [-0.15, -0.1) is 11.3 Å². The van der Waals surface area contributed by atoms with Gasteiger partial charge >= 0.3 is 0 Å². The first-order valence-electron chi connectivity index (χ1n) is 7.40. The highest BCUT2D eigenvalue weighted by atomic mass is 32.1. The van der Waals surface area contributed by atoms with E-state index in [1.165, 1.54) is 5.69 Å². The van der Waals surface area contributed by atoms with Gasteiger partial charge in [-0.3, -0.25) is 0 Å². The van der Waals surface area contributed by atoms with Crippen LogP contribution in [0.2, 0.25) is 0 Å². The molecule has 1 aliphatic rings. The minimum Gasteiger partial charge on any atom is -0.375 e. The van der Waals surface area contributed by atoms with Crippen LogP contribution in [0.4, 0.5) is 0 Å². The smallest absolute Gasteiger partial charge is 0.0898 e. The standard InChI is InChI=1S/C15H26N2OS/c1-5-15(6-2)9-13(7-8-18-15)16-11(3)14-10-19-12(4)17-14/h10-11,13,16H,5-9H2,1-4H3. The Bertz CT molecular complexity index is 401. The molecule has 1 aliphatic heterocycles. The highest BCUT2D eigenvalue weighted by Gasteiger charge is 2.34. The summed E-state index contributed by atoms with van der Waals surface area (Å²) in [5.41, 5.74) is 1.26. The first-order valence-corrected chi connectivity index (χ1v) is 8.28. The average molecular weight is 282 g/mol. The summed E-state index contributed by atoms with van der Waals surface area (Å²) in [6, 6.07) is 0.880. The van der Waals surface area contributed by atoms with Crippen molar-refractivity contribution < 1.29 is 4.74 Å². The maximum atomic E-state index is 6.03. The second-order valence-corrected chi connectivity index (χ2v) is 6.67. The van der Waals surface area contributed by atoms with Crippen LogP contribution in [-0.4, -0.2) is 23.2 Å². The van der Waals surface area contributed by atoms with Crippen LogP contribution in [0.1, 0.15) is 63.2 Å². The third kappa shape index (κ3) is 3.56. The number of aromatic nitrogens is 1. The molecule has 2 rings (SSSR count). The molecule has 0 bridgehead atoms. The third-order valence-electron chi connectivity index (χ3n) is 4.35. The normalized spacial score (nSPS) is 24.3. The minimum absolute atomic E-state index is 0.0909. The van der Waals surface area contributed by atoms with Gasteiger partial charge in [-0.2, -0.15) is 0 Å². The third-order valence-corrected chi connectivity index (χ3v) is 5.14. The van der Waals surface area contributed by atoms with E-state index in [2.05, 4.69) is 43.4 Å². The summed E-state index contributed by atoms with van der Waals surface area (Å²) in [4.78, 5) is 4.58. The number of hydrogen-bond acceptors (Lipinski definition) is 4. The monoisotopic (exact) mass is 282 g/mol. The van der Waals surface area contributed by atoms with Gasteiger partial charge in [-0.1, -0.05) is 13.8 Å². The Morgan fingerprint density at radius 1 is 1.53 bits per heavy atom. The fraction of sp³-hybridized carbons (Fsp3) is 0.800. The lowest BCUT2D eigenvalue weighted by Gasteiger charge is -2.41. The van der Waals surface area contributed by atoms with E-state index < -0.39 is 0 Å². The van der Waals surface area contributed by atoms with E-state index >= 15 is 0 Å². The van der Waals surface area contributed by atoms with Crippen LogP contribution in [0.5, 0.6) is 0 Å². The Hall–Kier alpha value is -0.450. The van der Waals surface area contributed by atoms with E-state index in [0.717, 1.165) is 37.3 Å². The zero-order valence-corrected chi connectivity index (χ0v) is 13.3.